The number of allylic oxidation sites excluding steroid dienone is 1. The van der Waals surface area contributed by atoms with Crippen LogP contribution in [0.4, 0.5) is 0 Å². The van der Waals surface area contributed by atoms with Gasteiger partial charge in [-0.15, -0.1) is 0 Å². The van der Waals surface area contributed by atoms with Gasteiger partial charge in [-0.05, 0) is 45.4 Å². The third kappa shape index (κ3) is 5.82. The van der Waals surface area contributed by atoms with Crippen LogP contribution in [0.15, 0.2) is 11.1 Å². The Hall–Kier alpha value is -1.32. The summed E-state index contributed by atoms with van der Waals surface area (Å²) in [5.41, 5.74) is 1.64. The maximum Gasteiger partial charge on any atom is 0.334 e. The topological polar surface area (TPSA) is 52.6 Å². The van der Waals surface area contributed by atoms with Gasteiger partial charge < -0.3 is 9.47 Å². The third-order valence-electron chi connectivity index (χ3n) is 4.07. The van der Waals surface area contributed by atoms with Crippen molar-refractivity contribution in [2.24, 2.45) is 5.92 Å². The van der Waals surface area contributed by atoms with E-state index in [1.165, 1.54) is 0 Å². The Bertz CT molecular complexity index is 390. The molecule has 0 aromatic rings. The molecule has 0 radical (unpaired) electrons. The van der Waals surface area contributed by atoms with Crippen LogP contribution in [0.5, 0.6) is 0 Å². The molecular formula is C18H30O4. The van der Waals surface area contributed by atoms with E-state index in [1.807, 2.05) is 6.92 Å². The monoisotopic (exact) mass is 310 g/mol. The van der Waals surface area contributed by atoms with Crippen molar-refractivity contribution in [1.82, 2.24) is 0 Å². The first-order chi connectivity index (χ1) is 10.6. The van der Waals surface area contributed by atoms with Crippen LogP contribution in [-0.4, -0.2) is 25.2 Å². The van der Waals surface area contributed by atoms with Gasteiger partial charge in [0.2, 0.25) is 0 Å². The van der Waals surface area contributed by atoms with Crippen LogP contribution in [-0.2, 0) is 19.1 Å². The zero-order valence-corrected chi connectivity index (χ0v) is 14.3. The molecule has 1 saturated carbocycles. The number of carbonyl (C=O) groups is 2. The molecule has 0 aromatic heterocycles. The number of ether oxygens (including phenoxy) is 2. The molecule has 0 amide bonds. The lowest BCUT2D eigenvalue weighted by Crippen LogP contribution is -2.24. The van der Waals surface area contributed by atoms with Gasteiger partial charge in [0.25, 0.3) is 0 Å². The quantitative estimate of drug-likeness (QED) is 0.364. The normalized spacial score (nSPS) is 15.5. The Morgan fingerprint density at radius 2 is 1.55 bits per heavy atom. The van der Waals surface area contributed by atoms with Gasteiger partial charge in [-0.2, -0.15) is 0 Å². The highest BCUT2D eigenvalue weighted by Crippen LogP contribution is 2.31. The fraction of sp³-hybridized carbons (Fsp3) is 0.778. The molecular weight excluding hydrogens is 280 g/mol. The number of hydrogen-bond acceptors (Lipinski definition) is 4. The molecule has 0 bridgehead atoms. The second-order valence-corrected chi connectivity index (χ2v) is 5.96. The van der Waals surface area contributed by atoms with Crippen LogP contribution in [0.1, 0.15) is 72.1 Å². The zero-order valence-electron chi connectivity index (χ0n) is 14.3. The summed E-state index contributed by atoms with van der Waals surface area (Å²) in [5.74, 6) is -1.17. The van der Waals surface area contributed by atoms with Crippen LogP contribution in [0.2, 0.25) is 0 Å². The molecule has 1 atom stereocenters. The summed E-state index contributed by atoms with van der Waals surface area (Å²) >= 11 is 0. The highest BCUT2D eigenvalue weighted by atomic mass is 16.5. The predicted octanol–water partition coefficient (Wildman–Crippen LogP) is 4.18. The first kappa shape index (κ1) is 18.7. The van der Waals surface area contributed by atoms with Crippen molar-refractivity contribution in [2.75, 3.05) is 13.2 Å². The van der Waals surface area contributed by atoms with Crippen molar-refractivity contribution < 1.29 is 19.1 Å². The minimum absolute atomic E-state index is 0.310. The van der Waals surface area contributed by atoms with E-state index in [9.17, 15) is 9.59 Å². The largest absolute Gasteiger partial charge is 0.465 e. The van der Waals surface area contributed by atoms with Crippen molar-refractivity contribution in [1.29, 1.82) is 0 Å². The summed E-state index contributed by atoms with van der Waals surface area (Å²) in [6, 6.07) is 0. The van der Waals surface area contributed by atoms with E-state index in [4.69, 9.17) is 9.47 Å². The van der Waals surface area contributed by atoms with Gasteiger partial charge in [0.15, 0.2) is 0 Å². The number of hydrogen-bond donors (Lipinski definition) is 0. The standard InChI is InChI=1S/C18H30O4/c1-4-6-12-21-17(19)14(3)16(15-10-8-9-11-15)18(20)22-13-7-5-2/h14H,4-13H2,1-3H3. The molecule has 126 valence electrons. The highest BCUT2D eigenvalue weighted by molar-refractivity contribution is 5.96. The van der Waals surface area contributed by atoms with Gasteiger partial charge >= 0.3 is 11.9 Å². The summed E-state index contributed by atoms with van der Waals surface area (Å²) in [6.45, 7) is 6.71. The van der Waals surface area contributed by atoms with Crippen molar-refractivity contribution >= 4 is 11.9 Å². The zero-order chi connectivity index (χ0) is 16.4. The lowest BCUT2D eigenvalue weighted by molar-refractivity contribution is -0.150. The summed E-state index contributed by atoms with van der Waals surface area (Å²) in [5, 5.41) is 0. The first-order valence-electron chi connectivity index (χ1n) is 8.67. The van der Waals surface area contributed by atoms with Gasteiger partial charge in [0.1, 0.15) is 0 Å². The molecule has 22 heavy (non-hydrogen) atoms. The van der Waals surface area contributed by atoms with Crippen molar-refractivity contribution in [2.45, 2.75) is 72.1 Å². The minimum atomic E-state index is -0.529. The third-order valence-corrected chi connectivity index (χ3v) is 4.07. The van der Waals surface area contributed by atoms with Crippen molar-refractivity contribution in [3.63, 3.8) is 0 Å². The molecule has 4 heteroatoms. The molecule has 4 nitrogen and oxygen atoms in total. The molecule has 1 aliphatic rings. The second-order valence-electron chi connectivity index (χ2n) is 5.96. The summed E-state index contributed by atoms with van der Waals surface area (Å²) in [7, 11) is 0. The summed E-state index contributed by atoms with van der Waals surface area (Å²) in [4.78, 5) is 24.6. The number of esters is 2. The van der Waals surface area contributed by atoms with Crippen LogP contribution in [0, 0.1) is 5.92 Å². The molecule has 0 saturated heterocycles. The summed E-state index contributed by atoms with van der Waals surface area (Å²) in [6.07, 6.45) is 7.62. The molecule has 0 N–H and O–H groups in total. The molecule has 1 fully saturated rings. The van der Waals surface area contributed by atoms with Crippen LogP contribution in [0.3, 0.4) is 0 Å². The van der Waals surface area contributed by atoms with E-state index >= 15 is 0 Å². The fourth-order valence-corrected chi connectivity index (χ4v) is 2.65. The van der Waals surface area contributed by atoms with Gasteiger partial charge in [-0.25, -0.2) is 4.79 Å². The maximum absolute atomic E-state index is 12.4. The molecule has 0 aliphatic heterocycles. The lowest BCUT2D eigenvalue weighted by Gasteiger charge is -2.17. The average molecular weight is 310 g/mol. The van der Waals surface area contributed by atoms with E-state index in [-0.39, 0.29) is 11.9 Å². The Labute approximate surface area is 134 Å². The van der Waals surface area contributed by atoms with E-state index < -0.39 is 5.92 Å². The SMILES string of the molecule is CCCCOC(=O)C(=C1CCCC1)C(C)C(=O)OCCCC. The van der Waals surface area contributed by atoms with Gasteiger partial charge in [-0.3, -0.25) is 4.79 Å². The molecule has 1 rings (SSSR count). The molecule has 1 unspecified atom stereocenters. The van der Waals surface area contributed by atoms with E-state index in [0.717, 1.165) is 56.9 Å². The predicted molar refractivity (Wildman–Crippen MR) is 86.4 cm³/mol. The lowest BCUT2D eigenvalue weighted by atomic mass is 9.94. The maximum atomic E-state index is 12.4. The van der Waals surface area contributed by atoms with E-state index in [0.29, 0.717) is 18.8 Å². The number of carbonyl (C=O) groups excluding carboxylic acids is 2. The van der Waals surface area contributed by atoms with Crippen molar-refractivity contribution in [3.05, 3.63) is 11.1 Å². The Morgan fingerprint density at radius 3 is 2.09 bits per heavy atom. The molecule has 0 spiro atoms. The Balaban J connectivity index is 2.75. The smallest absolute Gasteiger partial charge is 0.334 e. The average Bonchev–Trinajstić information content (AvgIpc) is 3.01. The Morgan fingerprint density at radius 1 is 1.00 bits per heavy atom. The van der Waals surface area contributed by atoms with Crippen LogP contribution in [0.25, 0.3) is 0 Å². The van der Waals surface area contributed by atoms with E-state index in [1.54, 1.807) is 6.92 Å². The second kappa shape index (κ2) is 10.4. The molecule has 0 aromatic carbocycles. The van der Waals surface area contributed by atoms with Crippen LogP contribution >= 0.6 is 0 Å². The number of rotatable bonds is 9. The molecule has 1 aliphatic carbocycles. The van der Waals surface area contributed by atoms with Crippen LogP contribution < -0.4 is 0 Å². The van der Waals surface area contributed by atoms with Gasteiger partial charge in [0.05, 0.1) is 24.7 Å². The minimum Gasteiger partial charge on any atom is -0.465 e. The number of unbranched alkanes of at least 4 members (excludes halogenated alkanes) is 2. The first-order valence-corrected chi connectivity index (χ1v) is 8.67. The molecule has 0 heterocycles. The Kier molecular flexibility index (Phi) is 8.86. The van der Waals surface area contributed by atoms with E-state index in [2.05, 4.69) is 6.92 Å². The van der Waals surface area contributed by atoms with Gasteiger partial charge in [0, 0.05) is 0 Å². The summed E-state index contributed by atoms with van der Waals surface area (Å²) < 4.78 is 10.6. The van der Waals surface area contributed by atoms with Gasteiger partial charge in [-0.1, -0.05) is 32.3 Å². The fourth-order valence-electron chi connectivity index (χ4n) is 2.65. The highest BCUT2D eigenvalue weighted by Gasteiger charge is 2.30. The van der Waals surface area contributed by atoms with Crippen molar-refractivity contribution in [3.8, 4) is 0 Å².